The first-order valence-corrected chi connectivity index (χ1v) is 9.38. The van der Waals surface area contributed by atoms with Crippen LogP contribution in [0.15, 0.2) is 12.7 Å². The summed E-state index contributed by atoms with van der Waals surface area (Å²) in [5.74, 6) is -1.97. The monoisotopic (exact) mass is 431 g/mol. The van der Waals surface area contributed by atoms with Gasteiger partial charge in [0.25, 0.3) is 0 Å². The molecular weight excluding hydrogens is 402 g/mol. The van der Waals surface area contributed by atoms with Gasteiger partial charge in [0, 0.05) is 20.8 Å². The number of rotatable bonds is 9. The molecule has 0 aliphatic carbocycles. The van der Waals surface area contributed by atoms with Gasteiger partial charge < -0.3 is 33.7 Å². The summed E-state index contributed by atoms with van der Waals surface area (Å²) in [6.07, 6.45) is -4.37. The van der Waals surface area contributed by atoms with Gasteiger partial charge in [0.05, 0.1) is 6.10 Å². The summed E-state index contributed by atoms with van der Waals surface area (Å²) in [4.78, 5) is 46.8. The highest BCUT2D eigenvalue weighted by Crippen LogP contribution is 2.28. The van der Waals surface area contributed by atoms with Crippen molar-refractivity contribution in [2.45, 2.75) is 71.4 Å². The number of carbonyl (C=O) groups excluding carboxylic acids is 4. The summed E-state index contributed by atoms with van der Waals surface area (Å²) < 4.78 is 32.1. The molecule has 0 aromatic carbocycles. The minimum absolute atomic E-state index is 0.0597. The third-order valence-corrected chi connectivity index (χ3v) is 3.72. The Balaban J connectivity index is 3.28. The Labute approximate surface area is 174 Å². The number of carbonyl (C=O) groups is 4. The number of alkyl carbamates (subject to hydrolysis) is 1. The number of hydrogen-bond acceptors (Lipinski definition) is 10. The molecule has 0 radical (unpaired) electrons. The standard InChI is InChI=1S/C19H29NO10/c1-7-8-25-19(24)20-15-17(29-13(6)23)16(28-12(5)22)14(9-26-11(4)21)30-18(15)27-10(2)3/h7,10,14-18H,1,8-9H2,2-6H3,(H,20,24)/t14-,15-,16-,17-,18-/m1/s1. The maximum atomic E-state index is 12.1. The fraction of sp³-hybridized carbons (Fsp3) is 0.684. The largest absolute Gasteiger partial charge is 0.463 e. The minimum Gasteiger partial charge on any atom is -0.463 e. The Kier molecular flexibility index (Phi) is 10.3. The molecule has 11 heteroatoms. The topological polar surface area (TPSA) is 136 Å². The highest BCUT2D eigenvalue weighted by Gasteiger charge is 2.51. The number of amides is 1. The molecular formula is C19H29NO10. The molecule has 1 N–H and O–H groups in total. The van der Waals surface area contributed by atoms with Crippen molar-refractivity contribution >= 4 is 24.0 Å². The average molecular weight is 431 g/mol. The van der Waals surface area contributed by atoms with Crippen LogP contribution < -0.4 is 5.32 Å². The molecule has 1 amide bonds. The number of hydrogen-bond donors (Lipinski definition) is 1. The molecule has 0 saturated carbocycles. The van der Waals surface area contributed by atoms with Crippen molar-refractivity contribution in [3.63, 3.8) is 0 Å². The van der Waals surface area contributed by atoms with E-state index in [1.165, 1.54) is 13.0 Å². The number of ether oxygens (including phenoxy) is 6. The lowest BCUT2D eigenvalue weighted by Crippen LogP contribution is -2.67. The molecule has 0 bridgehead atoms. The maximum absolute atomic E-state index is 12.1. The predicted octanol–water partition coefficient (Wildman–Crippen LogP) is 0.844. The molecule has 0 aromatic rings. The Morgan fingerprint density at radius 3 is 2.10 bits per heavy atom. The van der Waals surface area contributed by atoms with Crippen molar-refractivity contribution in [1.82, 2.24) is 5.32 Å². The van der Waals surface area contributed by atoms with E-state index in [4.69, 9.17) is 28.4 Å². The van der Waals surface area contributed by atoms with E-state index in [1.54, 1.807) is 13.8 Å². The molecule has 1 rings (SSSR count). The van der Waals surface area contributed by atoms with Crippen LogP contribution in [0.1, 0.15) is 34.6 Å². The van der Waals surface area contributed by atoms with Crippen LogP contribution >= 0.6 is 0 Å². The van der Waals surface area contributed by atoms with Crippen molar-refractivity contribution in [2.24, 2.45) is 0 Å². The zero-order chi connectivity index (χ0) is 22.8. The van der Waals surface area contributed by atoms with E-state index in [1.807, 2.05) is 0 Å². The van der Waals surface area contributed by atoms with Gasteiger partial charge in [-0.25, -0.2) is 4.79 Å². The van der Waals surface area contributed by atoms with Crippen LogP contribution in [0.5, 0.6) is 0 Å². The van der Waals surface area contributed by atoms with E-state index in [0.29, 0.717) is 0 Å². The van der Waals surface area contributed by atoms with Crippen LogP contribution in [-0.2, 0) is 42.8 Å². The third-order valence-electron chi connectivity index (χ3n) is 3.72. The first-order valence-electron chi connectivity index (χ1n) is 9.38. The Morgan fingerprint density at radius 2 is 1.60 bits per heavy atom. The summed E-state index contributed by atoms with van der Waals surface area (Å²) in [6.45, 7) is 10.1. The van der Waals surface area contributed by atoms with Gasteiger partial charge in [-0.2, -0.15) is 0 Å². The van der Waals surface area contributed by atoms with Crippen LogP contribution in [0.3, 0.4) is 0 Å². The normalized spacial score (nSPS) is 25.7. The molecule has 1 saturated heterocycles. The molecule has 0 aromatic heterocycles. The summed E-state index contributed by atoms with van der Waals surface area (Å²) in [7, 11) is 0. The van der Waals surface area contributed by atoms with Gasteiger partial charge in [0.1, 0.15) is 25.4 Å². The lowest BCUT2D eigenvalue weighted by Gasteiger charge is -2.45. The summed E-state index contributed by atoms with van der Waals surface area (Å²) in [5.41, 5.74) is 0. The van der Waals surface area contributed by atoms with E-state index in [2.05, 4.69) is 11.9 Å². The van der Waals surface area contributed by atoms with E-state index in [-0.39, 0.29) is 19.3 Å². The van der Waals surface area contributed by atoms with E-state index in [9.17, 15) is 19.2 Å². The first kappa shape index (κ1) is 25.4. The Hall–Kier alpha value is -2.66. The van der Waals surface area contributed by atoms with Crippen molar-refractivity contribution < 1.29 is 47.6 Å². The molecule has 0 spiro atoms. The van der Waals surface area contributed by atoms with Crippen LogP contribution in [0.2, 0.25) is 0 Å². The predicted molar refractivity (Wildman–Crippen MR) is 101 cm³/mol. The van der Waals surface area contributed by atoms with E-state index < -0.39 is 54.6 Å². The van der Waals surface area contributed by atoms with Gasteiger partial charge in [-0.05, 0) is 13.8 Å². The molecule has 0 unspecified atom stereocenters. The van der Waals surface area contributed by atoms with Crippen molar-refractivity contribution in [3.8, 4) is 0 Å². The highest BCUT2D eigenvalue weighted by molar-refractivity contribution is 5.69. The molecule has 1 aliphatic heterocycles. The molecule has 5 atom stereocenters. The fourth-order valence-electron chi connectivity index (χ4n) is 2.75. The van der Waals surface area contributed by atoms with E-state index >= 15 is 0 Å². The molecule has 1 heterocycles. The summed E-state index contributed by atoms with van der Waals surface area (Å²) >= 11 is 0. The Bertz CT molecular complexity index is 635. The SMILES string of the molecule is C=CCOC(=O)N[C@H]1[C@H](OC(C)C)O[C@H](COC(C)=O)[C@@H](OC(C)=O)[C@@H]1OC(C)=O. The van der Waals surface area contributed by atoms with Crippen LogP contribution in [0, 0.1) is 0 Å². The maximum Gasteiger partial charge on any atom is 0.407 e. The van der Waals surface area contributed by atoms with Crippen molar-refractivity contribution in [3.05, 3.63) is 12.7 Å². The van der Waals surface area contributed by atoms with Gasteiger partial charge >= 0.3 is 24.0 Å². The lowest BCUT2D eigenvalue weighted by atomic mass is 9.96. The molecule has 1 aliphatic rings. The fourth-order valence-corrected chi connectivity index (χ4v) is 2.75. The first-order chi connectivity index (χ1) is 14.0. The van der Waals surface area contributed by atoms with Gasteiger partial charge in [-0.15, -0.1) is 0 Å². The van der Waals surface area contributed by atoms with Gasteiger partial charge in [-0.1, -0.05) is 12.7 Å². The van der Waals surface area contributed by atoms with Gasteiger partial charge in [0.2, 0.25) is 0 Å². The third kappa shape index (κ3) is 8.37. The number of esters is 3. The van der Waals surface area contributed by atoms with Crippen LogP contribution in [-0.4, -0.2) is 74.0 Å². The quantitative estimate of drug-likeness (QED) is 0.318. The minimum atomic E-state index is -1.21. The molecule has 30 heavy (non-hydrogen) atoms. The molecule has 11 nitrogen and oxygen atoms in total. The summed E-state index contributed by atoms with van der Waals surface area (Å²) in [5, 5.41) is 2.52. The second kappa shape index (κ2) is 12.1. The average Bonchev–Trinajstić information content (AvgIpc) is 2.62. The lowest BCUT2D eigenvalue weighted by molar-refractivity contribution is -0.284. The Morgan fingerprint density at radius 1 is 1.00 bits per heavy atom. The second-order valence-electron chi connectivity index (χ2n) is 6.74. The molecule has 170 valence electrons. The second-order valence-corrected chi connectivity index (χ2v) is 6.74. The van der Waals surface area contributed by atoms with Gasteiger partial charge in [0.15, 0.2) is 18.5 Å². The van der Waals surface area contributed by atoms with Crippen LogP contribution in [0.4, 0.5) is 4.79 Å². The van der Waals surface area contributed by atoms with Crippen LogP contribution in [0.25, 0.3) is 0 Å². The zero-order valence-corrected chi connectivity index (χ0v) is 17.7. The van der Waals surface area contributed by atoms with Crippen molar-refractivity contribution in [2.75, 3.05) is 13.2 Å². The smallest absolute Gasteiger partial charge is 0.407 e. The highest BCUT2D eigenvalue weighted by atomic mass is 16.7. The number of nitrogens with one attached hydrogen (secondary N) is 1. The zero-order valence-electron chi connectivity index (χ0n) is 17.7. The molecule has 1 fully saturated rings. The van der Waals surface area contributed by atoms with Gasteiger partial charge in [-0.3, -0.25) is 14.4 Å². The summed E-state index contributed by atoms with van der Waals surface area (Å²) in [6, 6.07) is -1.09. The van der Waals surface area contributed by atoms with Crippen molar-refractivity contribution in [1.29, 1.82) is 0 Å². The van der Waals surface area contributed by atoms with E-state index in [0.717, 1.165) is 13.8 Å².